The molecule has 0 aliphatic carbocycles. The van der Waals surface area contributed by atoms with Crippen LogP contribution < -0.4 is 0 Å². The standard InChI is InChI=1S/C23H18N4O2/c1-2-27-22-12-11-18(13-21(22)25-26-27)23(28)29-15-16-7-9-17(10-8-16)20-6-4-3-5-19(20)14-24/h3-13H,2,15H2,1H3. The molecule has 0 spiro atoms. The third-order valence-corrected chi connectivity index (χ3v) is 4.73. The second-order valence-electron chi connectivity index (χ2n) is 6.54. The molecule has 0 unspecified atom stereocenters. The van der Waals surface area contributed by atoms with E-state index in [1.54, 1.807) is 22.9 Å². The van der Waals surface area contributed by atoms with E-state index in [9.17, 15) is 10.1 Å². The Morgan fingerprint density at radius 2 is 1.90 bits per heavy atom. The molecule has 6 nitrogen and oxygen atoms in total. The van der Waals surface area contributed by atoms with Crippen molar-refractivity contribution >= 4 is 17.0 Å². The van der Waals surface area contributed by atoms with Crippen LogP contribution in [0, 0.1) is 11.3 Å². The number of esters is 1. The second kappa shape index (κ2) is 7.95. The van der Waals surface area contributed by atoms with E-state index in [0.29, 0.717) is 16.6 Å². The van der Waals surface area contributed by atoms with E-state index in [1.807, 2.05) is 55.5 Å². The van der Waals surface area contributed by atoms with Gasteiger partial charge in [-0.25, -0.2) is 9.48 Å². The summed E-state index contributed by atoms with van der Waals surface area (Å²) in [4.78, 5) is 12.4. The third-order valence-electron chi connectivity index (χ3n) is 4.73. The van der Waals surface area contributed by atoms with Gasteiger partial charge in [-0.15, -0.1) is 5.10 Å². The zero-order valence-electron chi connectivity index (χ0n) is 15.9. The molecule has 0 atom stereocenters. The summed E-state index contributed by atoms with van der Waals surface area (Å²) in [5.41, 5.74) is 5.32. The van der Waals surface area contributed by atoms with Gasteiger partial charge in [0.2, 0.25) is 0 Å². The van der Waals surface area contributed by atoms with Gasteiger partial charge in [0.05, 0.1) is 22.7 Å². The summed E-state index contributed by atoms with van der Waals surface area (Å²) in [5.74, 6) is -0.406. The van der Waals surface area contributed by atoms with Gasteiger partial charge in [-0.05, 0) is 47.9 Å². The molecule has 1 heterocycles. The minimum atomic E-state index is -0.406. The van der Waals surface area contributed by atoms with E-state index in [2.05, 4.69) is 16.4 Å². The lowest BCUT2D eigenvalue weighted by atomic mass is 9.99. The Kier molecular flexibility index (Phi) is 5.04. The third kappa shape index (κ3) is 3.71. The number of fused-ring (bicyclic) bond motifs is 1. The molecule has 0 amide bonds. The van der Waals surface area contributed by atoms with Gasteiger partial charge in [0.15, 0.2) is 0 Å². The molecule has 0 aliphatic rings. The number of rotatable bonds is 5. The molecule has 0 fully saturated rings. The van der Waals surface area contributed by atoms with E-state index in [-0.39, 0.29) is 6.61 Å². The molecule has 0 bridgehead atoms. The van der Waals surface area contributed by atoms with Crippen molar-refractivity contribution in [3.05, 3.63) is 83.4 Å². The Balaban J connectivity index is 1.45. The maximum absolute atomic E-state index is 12.4. The van der Waals surface area contributed by atoms with Crippen molar-refractivity contribution in [1.82, 2.24) is 15.0 Å². The zero-order valence-corrected chi connectivity index (χ0v) is 15.9. The molecule has 6 heteroatoms. The van der Waals surface area contributed by atoms with E-state index < -0.39 is 5.97 Å². The molecule has 4 aromatic rings. The van der Waals surface area contributed by atoms with Gasteiger partial charge in [-0.2, -0.15) is 5.26 Å². The van der Waals surface area contributed by atoms with Gasteiger partial charge in [0.1, 0.15) is 12.1 Å². The molecule has 0 saturated heterocycles. The maximum atomic E-state index is 12.4. The fourth-order valence-corrected chi connectivity index (χ4v) is 3.18. The van der Waals surface area contributed by atoms with Crippen molar-refractivity contribution < 1.29 is 9.53 Å². The average Bonchev–Trinajstić information content (AvgIpc) is 3.20. The van der Waals surface area contributed by atoms with Gasteiger partial charge in [-0.1, -0.05) is 47.7 Å². The van der Waals surface area contributed by atoms with Gasteiger partial charge in [0, 0.05) is 6.54 Å². The first-order valence-electron chi connectivity index (χ1n) is 9.28. The lowest BCUT2D eigenvalue weighted by molar-refractivity contribution is 0.0473. The zero-order chi connectivity index (χ0) is 20.2. The Labute approximate surface area is 168 Å². The molecule has 142 valence electrons. The first-order chi connectivity index (χ1) is 14.2. The van der Waals surface area contributed by atoms with Gasteiger partial charge < -0.3 is 4.74 Å². The van der Waals surface area contributed by atoms with E-state index >= 15 is 0 Å². The smallest absolute Gasteiger partial charge is 0.338 e. The molecule has 0 radical (unpaired) electrons. The van der Waals surface area contributed by atoms with E-state index in [4.69, 9.17) is 4.74 Å². The summed E-state index contributed by atoms with van der Waals surface area (Å²) >= 11 is 0. The van der Waals surface area contributed by atoms with Crippen LogP contribution in [-0.4, -0.2) is 21.0 Å². The summed E-state index contributed by atoms with van der Waals surface area (Å²) in [5, 5.41) is 17.4. The minimum Gasteiger partial charge on any atom is -0.457 e. The predicted molar refractivity (Wildman–Crippen MR) is 109 cm³/mol. The van der Waals surface area contributed by atoms with Crippen LogP contribution >= 0.6 is 0 Å². The van der Waals surface area contributed by atoms with Gasteiger partial charge in [-0.3, -0.25) is 0 Å². The lowest BCUT2D eigenvalue weighted by Crippen LogP contribution is -2.05. The van der Waals surface area contributed by atoms with Crippen molar-refractivity contribution in [2.24, 2.45) is 0 Å². The number of carbonyl (C=O) groups is 1. The largest absolute Gasteiger partial charge is 0.457 e. The van der Waals surface area contributed by atoms with Crippen LogP contribution in [-0.2, 0) is 17.9 Å². The van der Waals surface area contributed by atoms with Crippen molar-refractivity contribution in [1.29, 1.82) is 5.26 Å². The number of ether oxygens (including phenoxy) is 1. The fraction of sp³-hybridized carbons (Fsp3) is 0.130. The number of nitrogens with zero attached hydrogens (tertiary/aromatic N) is 4. The van der Waals surface area contributed by atoms with Gasteiger partial charge in [0.25, 0.3) is 0 Å². The first-order valence-corrected chi connectivity index (χ1v) is 9.28. The van der Waals surface area contributed by atoms with Crippen LogP contribution in [0.4, 0.5) is 0 Å². The molecular weight excluding hydrogens is 364 g/mol. The Morgan fingerprint density at radius 3 is 2.66 bits per heavy atom. The molecular formula is C23H18N4O2. The van der Waals surface area contributed by atoms with Crippen LogP contribution in [0.1, 0.15) is 28.4 Å². The van der Waals surface area contributed by atoms with E-state index in [1.165, 1.54) is 0 Å². The van der Waals surface area contributed by atoms with Crippen LogP contribution in [0.15, 0.2) is 66.7 Å². The number of benzene rings is 3. The van der Waals surface area contributed by atoms with Crippen molar-refractivity contribution in [2.75, 3.05) is 0 Å². The molecule has 1 aromatic heterocycles. The Bertz CT molecular complexity index is 1220. The van der Waals surface area contributed by atoms with E-state index in [0.717, 1.165) is 28.8 Å². The summed E-state index contributed by atoms with van der Waals surface area (Å²) in [6.07, 6.45) is 0. The molecule has 4 rings (SSSR count). The Hall–Kier alpha value is -3.98. The molecule has 0 saturated carbocycles. The first kappa shape index (κ1) is 18.4. The molecule has 0 aliphatic heterocycles. The van der Waals surface area contributed by atoms with Crippen LogP contribution in [0.2, 0.25) is 0 Å². The highest BCUT2D eigenvalue weighted by molar-refractivity contribution is 5.93. The van der Waals surface area contributed by atoms with Crippen molar-refractivity contribution in [2.45, 2.75) is 20.1 Å². The van der Waals surface area contributed by atoms with Gasteiger partial charge >= 0.3 is 5.97 Å². The fourth-order valence-electron chi connectivity index (χ4n) is 3.18. The minimum absolute atomic E-state index is 0.165. The molecule has 29 heavy (non-hydrogen) atoms. The highest BCUT2D eigenvalue weighted by Gasteiger charge is 2.11. The number of hydrogen-bond acceptors (Lipinski definition) is 5. The molecule has 3 aromatic carbocycles. The quantitative estimate of drug-likeness (QED) is 0.480. The average molecular weight is 382 g/mol. The summed E-state index contributed by atoms with van der Waals surface area (Å²) < 4.78 is 7.21. The van der Waals surface area contributed by atoms with Crippen LogP contribution in [0.25, 0.3) is 22.2 Å². The van der Waals surface area contributed by atoms with Crippen LogP contribution in [0.3, 0.4) is 0 Å². The lowest BCUT2D eigenvalue weighted by Gasteiger charge is -2.08. The number of carbonyl (C=O) groups excluding carboxylic acids is 1. The maximum Gasteiger partial charge on any atom is 0.338 e. The summed E-state index contributed by atoms with van der Waals surface area (Å²) in [6.45, 7) is 2.87. The topological polar surface area (TPSA) is 80.8 Å². The number of hydrogen-bond donors (Lipinski definition) is 0. The number of nitriles is 1. The second-order valence-corrected chi connectivity index (χ2v) is 6.54. The highest BCUT2D eigenvalue weighted by atomic mass is 16.5. The Morgan fingerprint density at radius 1 is 1.10 bits per heavy atom. The normalized spacial score (nSPS) is 10.6. The predicted octanol–water partition coefficient (Wildman–Crippen LogP) is 4.35. The monoisotopic (exact) mass is 382 g/mol. The highest BCUT2D eigenvalue weighted by Crippen LogP contribution is 2.24. The van der Waals surface area contributed by atoms with Crippen molar-refractivity contribution in [3.63, 3.8) is 0 Å². The van der Waals surface area contributed by atoms with Crippen molar-refractivity contribution in [3.8, 4) is 17.2 Å². The number of aromatic nitrogens is 3. The summed E-state index contributed by atoms with van der Waals surface area (Å²) in [7, 11) is 0. The number of aryl methyl sites for hydroxylation is 1. The molecule has 0 N–H and O–H groups in total. The van der Waals surface area contributed by atoms with Crippen LogP contribution in [0.5, 0.6) is 0 Å². The summed E-state index contributed by atoms with van der Waals surface area (Å²) in [6, 6.07) is 22.5. The SMILES string of the molecule is CCn1nnc2cc(C(=O)OCc3ccc(-c4ccccc4C#N)cc3)ccc21.